The van der Waals surface area contributed by atoms with Crippen molar-refractivity contribution < 1.29 is 14.6 Å². The fourth-order valence-electron chi connectivity index (χ4n) is 3.61. The molecular formula is C25H34N4O3. The molecule has 32 heavy (non-hydrogen) atoms. The minimum Gasteiger partial charge on any atom is -0.497 e. The smallest absolute Gasteiger partial charge is 0.191 e. The van der Waals surface area contributed by atoms with Gasteiger partial charge in [-0.25, -0.2) is 4.99 Å². The van der Waals surface area contributed by atoms with Gasteiger partial charge in [-0.05, 0) is 38.3 Å². The maximum atomic E-state index is 10.8. The molecule has 2 aromatic carbocycles. The number of ether oxygens (including phenoxy) is 2. The molecule has 3 rings (SSSR count). The Labute approximate surface area is 189 Å². The van der Waals surface area contributed by atoms with Gasteiger partial charge in [0.05, 0.1) is 26.3 Å². The summed E-state index contributed by atoms with van der Waals surface area (Å²) in [7, 11) is 3.32. The van der Waals surface area contributed by atoms with Gasteiger partial charge in [-0.1, -0.05) is 30.3 Å². The number of aromatic amines is 1. The van der Waals surface area contributed by atoms with Gasteiger partial charge in [0.1, 0.15) is 17.1 Å². The molecule has 0 amide bonds. The van der Waals surface area contributed by atoms with Crippen LogP contribution in [0.2, 0.25) is 0 Å². The summed E-state index contributed by atoms with van der Waals surface area (Å²) < 4.78 is 10.8. The van der Waals surface area contributed by atoms with E-state index in [1.807, 2.05) is 49.4 Å². The normalized spacial score (nSPS) is 13.6. The summed E-state index contributed by atoms with van der Waals surface area (Å²) in [6.45, 7) is 5.60. The minimum atomic E-state index is -1.02. The molecular weight excluding hydrogens is 404 g/mol. The third kappa shape index (κ3) is 5.95. The molecule has 0 radical (unpaired) electrons. The number of nitrogens with one attached hydrogen (secondary N) is 3. The monoisotopic (exact) mass is 438 g/mol. The zero-order valence-electron chi connectivity index (χ0n) is 19.4. The summed E-state index contributed by atoms with van der Waals surface area (Å²) in [5, 5.41) is 18.4. The van der Waals surface area contributed by atoms with Crippen LogP contribution in [-0.4, -0.2) is 49.9 Å². The molecule has 0 bridgehead atoms. The molecule has 1 heterocycles. The molecule has 1 unspecified atom stereocenters. The van der Waals surface area contributed by atoms with Gasteiger partial charge in [0.15, 0.2) is 5.96 Å². The maximum Gasteiger partial charge on any atom is 0.191 e. The van der Waals surface area contributed by atoms with E-state index in [-0.39, 0.29) is 6.54 Å². The molecule has 0 saturated carbocycles. The predicted molar refractivity (Wildman–Crippen MR) is 130 cm³/mol. The zero-order valence-corrected chi connectivity index (χ0v) is 19.4. The number of nitrogens with zero attached hydrogens (tertiary/aromatic N) is 1. The maximum absolute atomic E-state index is 10.8. The predicted octanol–water partition coefficient (Wildman–Crippen LogP) is 3.58. The van der Waals surface area contributed by atoms with Crippen molar-refractivity contribution in [3.8, 4) is 11.5 Å². The molecule has 0 spiro atoms. The number of aryl methyl sites for hydroxylation is 1. The first-order valence-electron chi connectivity index (χ1n) is 11.0. The number of benzene rings is 2. The van der Waals surface area contributed by atoms with Crippen LogP contribution in [0.3, 0.4) is 0 Å². The fourth-order valence-corrected chi connectivity index (χ4v) is 3.61. The summed E-state index contributed by atoms with van der Waals surface area (Å²) >= 11 is 0. The second kappa shape index (κ2) is 10.9. The van der Waals surface area contributed by atoms with E-state index in [0.717, 1.165) is 59.6 Å². The third-order valence-corrected chi connectivity index (χ3v) is 5.39. The summed E-state index contributed by atoms with van der Waals surface area (Å²) in [5.74, 6) is 2.26. The Hall–Kier alpha value is -3.19. The van der Waals surface area contributed by atoms with Crippen LogP contribution in [0.1, 0.15) is 31.5 Å². The number of aliphatic hydroxyl groups is 1. The second-order valence-electron chi connectivity index (χ2n) is 7.95. The lowest BCUT2D eigenvalue weighted by molar-refractivity contribution is 0.0672. The molecule has 0 aliphatic heterocycles. The molecule has 3 aromatic rings. The van der Waals surface area contributed by atoms with Crippen molar-refractivity contribution in [2.75, 3.05) is 33.9 Å². The molecule has 7 heteroatoms. The van der Waals surface area contributed by atoms with Crippen molar-refractivity contribution in [2.24, 2.45) is 4.99 Å². The van der Waals surface area contributed by atoms with Crippen LogP contribution in [0.15, 0.2) is 53.5 Å². The van der Waals surface area contributed by atoms with Crippen LogP contribution >= 0.6 is 0 Å². The average molecular weight is 439 g/mol. The average Bonchev–Trinajstić information content (AvgIpc) is 3.23. The molecule has 1 aromatic heterocycles. The second-order valence-corrected chi connectivity index (χ2v) is 7.95. The van der Waals surface area contributed by atoms with E-state index in [0.29, 0.717) is 5.96 Å². The molecule has 4 N–H and O–H groups in total. The highest BCUT2D eigenvalue weighted by molar-refractivity contribution is 5.88. The molecule has 7 nitrogen and oxygen atoms in total. The SMILES string of the molecule is CCNC(=NCC(C)(O)c1ccccc1)NCCCc1cc2c(OC)cc(OC)cc2[nH]1. The van der Waals surface area contributed by atoms with Gasteiger partial charge in [-0.15, -0.1) is 0 Å². The highest BCUT2D eigenvalue weighted by Gasteiger charge is 2.22. The highest BCUT2D eigenvalue weighted by atomic mass is 16.5. The van der Waals surface area contributed by atoms with Crippen molar-refractivity contribution in [1.82, 2.24) is 15.6 Å². The lowest BCUT2D eigenvalue weighted by Gasteiger charge is -2.22. The molecule has 0 fully saturated rings. The van der Waals surface area contributed by atoms with Crippen LogP contribution in [0, 0.1) is 0 Å². The molecule has 172 valence electrons. The van der Waals surface area contributed by atoms with E-state index >= 15 is 0 Å². The summed E-state index contributed by atoms with van der Waals surface area (Å²) in [6, 6.07) is 15.6. The van der Waals surface area contributed by atoms with Crippen molar-refractivity contribution in [1.29, 1.82) is 0 Å². The first-order chi connectivity index (χ1) is 15.5. The van der Waals surface area contributed by atoms with E-state index in [1.54, 1.807) is 21.1 Å². The first-order valence-corrected chi connectivity index (χ1v) is 11.0. The van der Waals surface area contributed by atoms with Crippen LogP contribution in [0.25, 0.3) is 10.9 Å². The van der Waals surface area contributed by atoms with Gasteiger partial charge in [-0.3, -0.25) is 0 Å². The summed E-state index contributed by atoms with van der Waals surface area (Å²) in [4.78, 5) is 8.04. The Kier molecular flexibility index (Phi) is 8.00. The van der Waals surface area contributed by atoms with Gasteiger partial charge in [0.2, 0.25) is 0 Å². The lowest BCUT2D eigenvalue weighted by atomic mass is 9.96. The number of rotatable bonds is 10. The number of fused-ring (bicyclic) bond motifs is 1. The van der Waals surface area contributed by atoms with Crippen molar-refractivity contribution in [2.45, 2.75) is 32.3 Å². The van der Waals surface area contributed by atoms with Gasteiger partial charge >= 0.3 is 0 Å². The van der Waals surface area contributed by atoms with Crippen LogP contribution in [0.4, 0.5) is 0 Å². The van der Waals surface area contributed by atoms with Crippen molar-refractivity contribution in [3.63, 3.8) is 0 Å². The highest BCUT2D eigenvalue weighted by Crippen LogP contribution is 2.31. The van der Waals surface area contributed by atoms with Gasteiger partial charge in [0, 0.05) is 36.3 Å². The van der Waals surface area contributed by atoms with Crippen molar-refractivity contribution >= 4 is 16.9 Å². The Morgan fingerprint density at radius 2 is 1.88 bits per heavy atom. The Bertz CT molecular complexity index is 1030. The Morgan fingerprint density at radius 3 is 2.56 bits per heavy atom. The number of guanidine groups is 1. The molecule has 0 aliphatic rings. The number of methoxy groups -OCH3 is 2. The number of hydrogen-bond acceptors (Lipinski definition) is 4. The number of H-pyrrole nitrogens is 1. The van der Waals surface area contributed by atoms with E-state index in [2.05, 4.69) is 26.7 Å². The minimum absolute atomic E-state index is 0.274. The number of aromatic nitrogens is 1. The van der Waals surface area contributed by atoms with Crippen LogP contribution < -0.4 is 20.1 Å². The Balaban J connectivity index is 1.57. The van der Waals surface area contributed by atoms with E-state index in [1.165, 1.54) is 0 Å². The molecule has 0 aliphatic carbocycles. The van der Waals surface area contributed by atoms with Gasteiger partial charge < -0.3 is 30.2 Å². The van der Waals surface area contributed by atoms with Gasteiger partial charge in [0.25, 0.3) is 0 Å². The summed E-state index contributed by atoms with van der Waals surface area (Å²) in [5.41, 5.74) is 1.98. The van der Waals surface area contributed by atoms with Crippen LogP contribution in [-0.2, 0) is 12.0 Å². The zero-order chi connectivity index (χ0) is 23.0. The fraction of sp³-hybridized carbons (Fsp3) is 0.400. The van der Waals surface area contributed by atoms with Crippen molar-refractivity contribution in [3.05, 3.63) is 59.8 Å². The third-order valence-electron chi connectivity index (χ3n) is 5.39. The van der Waals surface area contributed by atoms with E-state index < -0.39 is 5.60 Å². The largest absolute Gasteiger partial charge is 0.497 e. The first kappa shape index (κ1) is 23.5. The van der Waals surface area contributed by atoms with E-state index in [4.69, 9.17) is 9.47 Å². The quantitative estimate of drug-likeness (QED) is 0.221. The van der Waals surface area contributed by atoms with Crippen LogP contribution in [0.5, 0.6) is 11.5 Å². The standard InChI is InChI=1S/C25H34N4O3/c1-5-26-24(28-17-25(2,30)18-10-7-6-8-11-18)27-13-9-12-19-14-21-22(29-19)15-20(31-3)16-23(21)32-4/h6-8,10-11,14-16,29-30H,5,9,12-13,17H2,1-4H3,(H2,26,27,28). The van der Waals surface area contributed by atoms with Gasteiger partial charge in [-0.2, -0.15) is 0 Å². The number of hydrogen-bond donors (Lipinski definition) is 4. The number of aliphatic imine (C=N–C) groups is 1. The molecule has 1 atom stereocenters. The Morgan fingerprint density at radius 1 is 1.09 bits per heavy atom. The summed E-state index contributed by atoms with van der Waals surface area (Å²) in [6.07, 6.45) is 1.81. The topological polar surface area (TPSA) is 90.9 Å². The van der Waals surface area contributed by atoms with E-state index in [9.17, 15) is 5.11 Å². The molecule has 0 saturated heterocycles. The lowest BCUT2D eigenvalue weighted by Crippen LogP contribution is -2.39.